The van der Waals surface area contributed by atoms with Crippen molar-refractivity contribution in [2.24, 2.45) is 21.1 Å². The van der Waals surface area contributed by atoms with Gasteiger partial charge >= 0.3 is 12.1 Å². The minimum atomic E-state index is -0.900. The van der Waals surface area contributed by atoms with Gasteiger partial charge in [-0.1, -0.05) is 0 Å². The molecule has 2 aromatic rings. The number of methoxy groups -OCH3 is 2. The molecular weight excluding hydrogens is 292 g/mol. The SMILES string of the molecule is COC(=O)OC.Cn1c[n+](C)cc1C(=O)O.Cn1ccnc1. The van der Waals surface area contributed by atoms with Crippen LogP contribution < -0.4 is 4.57 Å². The Kier molecular flexibility index (Phi) is 8.68. The molecule has 0 spiro atoms. The largest absolute Gasteiger partial charge is 0.507 e. The number of carboxylic acid groups (broad SMARTS) is 1. The molecule has 0 radical (unpaired) electrons. The Labute approximate surface area is 128 Å². The van der Waals surface area contributed by atoms with Gasteiger partial charge in [0.1, 0.15) is 6.20 Å². The molecule has 0 aliphatic carbocycles. The number of hydrogen-bond acceptors (Lipinski definition) is 5. The average molecular weight is 313 g/mol. The highest BCUT2D eigenvalue weighted by Crippen LogP contribution is 1.92. The van der Waals surface area contributed by atoms with Gasteiger partial charge in [0.05, 0.1) is 34.6 Å². The first-order chi connectivity index (χ1) is 10.3. The summed E-state index contributed by atoms with van der Waals surface area (Å²) in [6, 6.07) is 0. The summed E-state index contributed by atoms with van der Waals surface area (Å²) >= 11 is 0. The van der Waals surface area contributed by atoms with Crippen molar-refractivity contribution >= 4 is 12.1 Å². The fourth-order valence-corrected chi connectivity index (χ4v) is 1.27. The number of hydrogen-bond donors (Lipinski definition) is 1. The highest BCUT2D eigenvalue weighted by molar-refractivity contribution is 5.84. The van der Waals surface area contributed by atoms with Crippen molar-refractivity contribution in [2.45, 2.75) is 0 Å². The molecule has 0 aromatic carbocycles. The van der Waals surface area contributed by atoms with Crippen LogP contribution in [0.1, 0.15) is 10.5 Å². The van der Waals surface area contributed by atoms with Crippen molar-refractivity contribution in [3.05, 3.63) is 36.9 Å². The van der Waals surface area contributed by atoms with Crippen molar-refractivity contribution in [1.82, 2.24) is 14.1 Å². The van der Waals surface area contributed by atoms with Gasteiger partial charge in [0.15, 0.2) is 0 Å². The Bertz CT molecular complexity index is 571. The van der Waals surface area contributed by atoms with Crippen LogP contribution in [0, 0.1) is 0 Å². The molecule has 0 fully saturated rings. The summed E-state index contributed by atoms with van der Waals surface area (Å²) in [4.78, 5) is 23.9. The second-order valence-electron chi connectivity index (χ2n) is 4.10. The number of aromatic carboxylic acids is 1. The summed E-state index contributed by atoms with van der Waals surface area (Å²) in [6.45, 7) is 0. The van der Waals surface area contributed by atoms with Crippen LogP contribution in [0.25, 0.3) is 0 Å². The van der Waals surface area contributed by atoms with Gasteiger partial charge in [0.2, 0.25) is 6.33 Å². The van der Waals surface area contributed by atoms with E-state index in [4.69, 9.17) is 5.11 Å². The zero-order chi connectivity index (χ0) is 17.1. The first-order valence-corrected chi connectivity index (χ1v) is 6.10. The maximum absolute atomic E-state index is 10.4. The van der Waals surface area contributed by atoms with Gasteiger partial charge in [-0.3, -0.25) is 0 Å². The zero-order valence-corrected chi connectivity index (χ0v) is 13.3. The smallest absolute Gasteiger partial charge is 0.475 e. The molecule has 22 heavy (non-hydrogen) atoms. The van der Waals surface area contributed by atoms with Crippen LogP contribution in [0.15, 0.2) is 31.2 Å². The fourth-order valence-electron chi connectivity index (χ4n) is 1.27. The molecule has 122 valence electrons. The van der Waals surface area contributed by atoms with Gasteiger partial charge in [-0.05, 0) is 0 Å². The molecule has 0 amide bonds. The van der Waals surface area contributed by atoms with Gasteiger partial charge < -0.3 is 19.1 Å². The fraction of sp³-hybridized carbons (Fsp3) is 0.385. The summed E-state index contributed by atoms with van der Waals surface area (Å²) in [6.07, 6.45) is 7.99. The molecule has 0 aliphatic heterocycles. The van der Waals surface area contributed by atoms with Crippen molar-refractivity contribution < 1.29 is 28.7 Å². The lowest BCUT2D eigenvalue weighted by Gasteiger charge is -1.89. The molecule has 0 unspecified atom stereocenters. The molecule has 1 N–H and O–H groups in total. The van der Waals surface area contributed by atoms with Crippen LogP contribution in [0.5, 0.6) is 0 Å². The number of carbonyl (C=O) groups is 2. The quantitative estimate of drug-likeness (QED) is 0.603. The van der Waals surface area contributed by atoms with E-state index in [2.05, 4.69) is 14.5 Å². The van der Waals surface area contributed by atoms with E-state index >= 15 is 0 Å². The normalized spacial score (nSPS) is 8.77. The molecule has 9 heteroatoms. The Morgan fingerprint density at radius 3 is 2.00 bits per heavy atom. The van der Waals surface area contributed by atoms with Gasteiger partial charge in [0.25, 0.3) is 5.69 Å². The second-order valence-corrected chi connectivity index (χ2v) is 4.10. The summed E-state index contributed by atoms with van der Waals surface area (Å²) in [5.41, 5.74) is 0.294. The van der Waals surface area contributed by atoms with Crippen molar-refractivity contribution in [2.75, 3.05) is 14.2 Å². The monoisotopic (exact) mass is 313 g/mol. The van der Waals surface area contributed by atoms with Gasteiger partial charge in [-0.2, -0.15) is 0 Å². The number of ether oxygens (including phenoxy) is 2. The first-order valence-electron chi connectivity index (χ1n) is 6.10. The van der Waals surface area contributed by atoms with Crippen LogP contribution in [0.2, 0.25) is 0 Å². The Hall–Kier alpha value is -2.84. The lowest BCUT2D eigenvalue weighted by Crippen LogP contribution is -2.23. The predicted molar refractivity (Wildman–Crippen MR) is 76.2 cm³/mol. The zero-order valence-electron chi connectivity index (χ0n) is 13.3. The minimum Gasteiger partial charge on any atom is -0.475 e. The predicted octanol–water partition coefficient (Wildman–Crippen LogP) is 0.367. The maximum Gasteiger partial charge on any atom is 0.507 e. The van der Waals surface area contributed by atoms with Crippen LogP contribution >= 0.6 is 0 Å². The van der Waals surface area contributed by atoms with E-state index in [-0.39, 0.29) is 0 Å². The summed E-state index contributed by atoms with van der Waals surface area (Å²) in [5, 5.41) is 8.54. The van der Waals surface area contributed by atoms with Crippen molar-refractivity contribution in [1.29, 1.82) is 0 Å². The number of carboxylic acids is 1. The lowest BCUT2D eigenvalue weighted by atomic mass is 10.5. The number of rotatable bonds is 1. The van der Waals surface area contributed by atoms with Crippen molar-refractivity contribution in [3.63, 3.8) is 0 Å². The van der Waals surface area contributed by atoms with E-state index in [1.807, 2.05) is 17.8 Å². The van der Waals surface area contributed by atoms with E-state index in [0.29, 0.717) is 5.69 Å². The average Bonchev–Trinajstić information content (AvgIpc) is 3.08. The van der Waals surface area contributed by atoms with E-state index < -0.39 is 12.1 Å². The maximum atomic E-state index is 10.4. The van der Waals surface area contributed by atoms with E-state index in [9.17, 15) is 9.59 Å². The highest BCUT2D eigenvalue weighted by atomic mass is 16.7. The number of nitrogens with zero attached hydrogens (tertiary/aromatic N) is 4. The van der Waals surface area contributed by atoms with Gasteiger partial charge in [0, 0.05) is 19.4 Å². The van der Waals surface area contributed by atoms with Crippen LogP contribution in [-0.4, -0.2) is 45.6 Å². The second kappa shape index (κ2) is 9.97. The summed E-state index contributed by atoms with van der Waals surface area (Å²) < 4.78 is 13.2. The molecule has 0 saturated carbocycles. The molecule has 9 nitrogen and oxygen atoms in total. The highest BCUT2D eigenvalue weighted by Gasteiger charge is 2.14. The number of aryl methyl sites for hydroxylation is 3. The molecule has 0 atom stereocenters. The first kappa shape index (κ1) is 19.2. The third-order valence-corrected chi connectivity index (χ3v) is 2.25. The Morgan fingerprint density at radius 2 is 1.86 bits per heavy atom. The number of imidazole rings is 2. The standard InChI is InChI=1S/C6H8N2O2.C4H6N2.C3H6O3/c1-7-3-5(6(9)10)8(2)4-7;1-6-3-2-5-4-6;1-5-3(4)6-2/h3-4H,1-2H3;2-4H,1H3;1-2H3/p+1. The third-order valence-electron chi connectivity index (χ3n) is 2.25. The van der Waals surface area contributed by atoms with Crippen LogP contribution in [-0.2, 0) is 30.6 Å². The van der Waals surface area contributed by atoms with E-state index in [1.165, 1.54) is 14.2 Å². The Morgan fingerprint density at radius 1 is 1.27 bits per heavy atom. The van der Waals surface area contributed by atoms with Crippen LogP contribution in [0.4, 0.5) is 4.79 Å². The third kappa shape index (κ3) is 7.68. The number of aromatic nitrogens is 4. The molecule has 0 aliphatic rings. The molecular formula is C13H21N4O5+. The van der Waals surface area contributed by atoms with E-state index in [1.54, 1.807) is 48.3 Å². The topological polar surface area (TPSA) is 99.5 Å². The molecule has 0 bridgehead atoms. The number of carbonyl (C=O) groups excluding carboxylic acids is 1. The minimum absolute atomic E-state index is 0.294. The summed E-state index contributed by atoms with van der Waals surface area (Å²) in [5.74, 6) is -0.900. The Balaban J connectivity index is 0.000000319. The van der Waals surface area contributed by atoms with Gasteiger partial charge in [-0.15, -0.1) is 0 Å². The molecule has 2 aromatic heterocycles. The van der Waals surface area contributed by atoms with E-state index in [0.717, 1.165) is 0 Å². The van der Waals surface area contributed by atoms with Crippen LogP contribution in [0.3, 0.4) is 0 Å². The molecule has 0 saturated heterocycles. The van der Waals surface area contributed by atoms with Crippen molar-refractivity contribution in [3.8, 4) is 0 Å². The molecule has 2 heterocycles. The molecule has 2 rings (SSSR count). The summed E-state index contributed by atoms with van der Waals surface area (Å²) in [7, 11) is 7.93. The van der Waals surface area contributed by atoms with Gasteiger partial charge in [-0.25, -0.2) is 23.7 Å². The lowest BCUT2D eigenvalue weighted by molar-refractivity contribution is -0.671.